The smallest absolute Gasteiger partial charge is 0.220 e. The van der Waals surface area contributed by atoms with Crippen LogP contribution in [0, 0.1) is 18.3 Å². The number of rotatable bonds is 2. The van der Waals surface area contributed by atoms with Crippen LogP contribution in [-0.2, 0) is 0 Å². The molecule has 2 rings (SSSR count). The molecule has 0 saturated heterocycles. The molecule has 2 N–H and O–H groups in total. The number of nitriles is 1. The van der Waals surface area contributed by atoms with Gasteiger partial charge in [-0.2, -0.15) is 5.26 Å². The molecule has 0 unspecified atom stereocenters. The van der Waals surface area contributed by atoms with Gasteiger partial charge in [0.25, 0.3) is 0 Å². The normalized spacial score (nSPS) is 9.83. The van der Waals surface area contributed by atoms with Gasteiger partial charge in [0.15, 0.2) is 5.75 Å². The SMILES string of the molecule is Cc1cc(C#N)cc(Oc2c(N)cccc2Br)n1. The number of ether oxygens (including phenoxy) is 1. The van der Waals surface area contributed by atoms with Gasteiger partial charge < -0.3 is 10.5 Å². The number of nitrogens with two attached hydrogens (primary N) is 1. The summed E-state index contributed by atoms with van der Waals surface area (Å²) >= 11 is 3.36. The van der Waals surface area contributed by atoms with Crippen LogP contribution in [0.4, 0.5) is 5.69 Å². The van der Waals surface area contributed by atoms with Crippen LogP contribution in [0.3, 0.4) is 0 Å². The minimum Gasteiger partial charge on any atom is -0.436 e. The van der Waals surface area contributed by atoms with E-state index in [4.69, 9.17) is 15.7 Å². The van der Waals surface area contributed by atoms with Gasteiger partial charge in [0.2, 0.25) is 5.88 Å². The van der Waals surface area contributed by atoms with Crippen molar-refractivity contribution in [1.82, 2.24) is 4.98 Å². The van der Waals surface area contributed by atoms with Crippen molar-refractivity contribution in [3.8, 4) is 17.7 Å². The monoisotopic (exact) mass is 303 g/mol. The molecule has 0 aliphatic heterocycles. The van der Waals surface area contributed by atoms with Crippen LogP contribution in [0.25, 0.3) is 0 Å². The van der Waals surface area contributed by atoms with E-state index in [1.165, 1.54) is 0 Å². The quantitative estimate of drug-likeness (QED) is 0.863. The highest BCUT2D eigenvalue weighted by atomic mass is 79.9. The van der Waals surface area contributed by atoms with Gasteiger partial charge in [0.1, 0.15) is 0 Å². The molecule has 1 aromatic carbocycles. The molecule has 90 valence electrons. The predicted octanol–water partition coefficient (Wildman–Crippen LogP) is 3.40. The fraction of sp³-hybridized carbons (Fsp3) is 0.0769. The molecule has 0 bridgehead atoms. The largest absolute Gasteiger partial charge is 0.436 e. The Labute approximate surface area is 113 Å². The third-order valence-corrected chi connectivity index (χ3v) is 2.89. The first-order valence-electron chi connectivity index (χ1n) is 5.21. The van der Waals surface area contributed by atoms with Gasteiger partial charge in [-0.3, -0.25) is 0 Å². The van der Waals surface area contributed by atoms with Crippen LogP contribution in [0.5, 0.6) is 11.6 Å². The number of para-hydroxylation sites is 1. The van der Waals surface area contributed by atoms with Crippen molar-refractivity contribution < 1.29 is 4.74 Å². The Bertz CT molecular complexity index is 614. The molecule has 0 fully saturated rings. The van der Waals surface area contributed by atoms with Gasteiger partial charge in [-0.05, 0) is 41.1 Å². The van der Waals surface area contributed by atoms with Gasteiger partial charge in [0, 0.05) is 11.8 Å². The maximum Gasteiger partial charge on any atom is 0.220 e. The number of nitrogen functional groups attached to an aromatic ring is 1. The maximum atomic E-state index is 8.89. The Morgan fingerprint density at radius 1 is 1.39 bits per heavy atom. The third-order valence-electron chi connectivity index (χ3n) is 2.26. The standard InChI is InChI=1S/C13H10BrN3O/c1-8-5-9(7-15)6-12(17-8)18-13-10(14)3-2-4-11(13)16/h2-6H,16H2,1H3. The molecule has 1 heterocycles. The molecule has 0 aliphatic carbocycles. The average Bonchev–Trinajstić information content (AvgIpc) is 2.33. The second-order valence-electron chi connectivity index (χ2n) is 3.71. The van der Waals surface area contributed by atoms with Gasteiger partial charge in [-0.15, -0.1) is 0 Å². The van der Waals surface area contributed by atoms with Crippen LogP contribution in [0.1, 0.15) is 11.3 Å². The van der Waals surface area contributed by atoms with Gasteiger partial charge in [-0.25, -0.2) is 4.98 Å². The van der Waals surface area contributed by atoms with Gasteiger partial charge in [0.05, 0.1) is 21.8 Å². The van der Waals surface area contributed by atoms with Crippen LogP contribution >= 0.6 is 15.9 Å². The van der Waals surface area contributed by atoms with Crippen molar-refractivity contribution in [1.29, 1.82) is 5.26 Å². The van der Waals surface area contributed by atoms with Crippen LogP contribution in [0.15, 0.2) is 34.8 Å². The number of hydrogen-bond donors (Lipinski definition) is 1. The molecule has 0 radical (unpaired) electrons. The van der Waals surface area contributed by atoms with Gasteiger partial charge >= 0.3 is 0 Å². The zero-order valence-corrected chi connectivity index (χ0v) is 11.2. The Hall–Kier alpha value is -2.06. The summed E-state index contributed by atoms with van der Waals surface area (Å²) in [5.74, 6) is 0.852. The van der Waals surface area contributed by atoms with Crippen molar-refractivity contribution >= 4 is 21.6 Å². The molecule has 0 spiro atoms. The highest BCUT2D eigenvalue weighted by Gasteiger charge is 2.08. The molecule has 2 aromatic rings. The lowest BCUT2D eigenvalue weighted by molar-refractivity contribution is 0.461. The summed E-state index contributed by atoms with van der Waals surface area (Å²) in [6, 6.07) is 10.7. The first-order valence-corrected chi connectivity index (χ1v) is 6.00. The Morgan fingerprint density at radius 3 is 2.83 bits per heavy atom. The fourth-order valence-electron chi connectivity index (χ4n) is 1.49. The Kier molecular flexibility index (Phi) is 3.49. The lowest BCUT2D eigenvalue weighted by Gasteiger charge is -2.10. The first kappa shape index (κ1) is 12.4. The van der Waals surface area contributed by atoms with E-state index in [0.717, 1.165) is 10.2 Å². The topological polar surface area (TPSA) is 71.9 Å². The number of aryl methyl sites for hydroxylation is 1. The summed E-state index contributed by atoms with van der Waals surface area (Å²) < 4.78 is 6.37. The zero-order valence-electron chi connectivity index (χ0n) is 9.64. The summed E-state index contributed by atoms with van der Waals surface area (Å²) in [5, 5.41) is 8.89. The second kappa shape index (κ2) is 5.07. The molecule has 0 atom stereocenters. The number of benzene rings is 1. The number of aromatic nitrogens is 1. The average molecular weight is 304 g/mol. The predicted molar refractivity (Wildman–Crippen MR) is 72.3 cm³/mol. The molecule has 18 heavy (non-hydrogen) atoms. The summed E-state index contributed by atoms with van der Waals surface area (Å²) in [6.07, 6.45) is 0. The van der Waals surface area contributed by atoms with Crippen molar-refractivity contribution in [3.05, 3.63) is 46.1 Å². The summed E-state index contributed by atoms with van der Waals surface area (Å²) in [7, 11) is 0. The number of halogens is 1. The van der Waals surface area contributed by atoms with E-state index in [0.29, 0.717) is 22.9 Å². The Morgan fingerprint density at radius 2 is 2.17 bits per heavy atom. The van der Waals surface area contributed by atoms with Crippen LogP contribution in [0.2, 0.25) is 0 Å². The molecular weight excluding hydrogens is 294 g/mol. The molecule has 4 nitrogen and oxygen atoms in total. The van der Waals surface area contributed by atoms with Crippen molar-refractivity contribution in [2.45, 2.75) is 6.92 Å². The fourth-order valence-corrected chi connectivity index (χ4v) is 1.96. The number of hydrogen-bond acceptors (Lipinski definition) is 4. The highest BCUT2D eigenvalue weighted by Crippen LogP contribution is 2.34. The van der Waals surface area contributed by atoms with Crippen LogP contribution < -0.4 is 10.5 Å². The van der Waals surface area contributed by atoms with E-state index >= 15 is 0 Å². The minimum atomic E-state index is 0.352. The van der Waals surface area contributed by atoms with E-state index in [2.05, 4.69) is 27.0 Å². The summed E-state index contributed by atoms with van der Waals surface area (Å²) in [5.41, 5.74) is 7.56. The number of pyridine rings is 1. The van der Waals surface area contributed by atoms with E-state index < -0.39 is 0 Å². The molecule has 0 amide bonds. The van der Waals surface area contributed by atoms with E-state index in [-0.39, 0.29) is 0 Å². The highest BCUT2D eigenvalue weighted by molar-refractivity contribution is 9.10. The minimum absolute atomic E-state index is 0.352. The van der Waals surface area contributed by atoms with Crippen molar-refractivity contribution in [2.24, 2.45) is 0 Å². The van der Waals surface area contributed by atoms with E-state index in [1.54, 1.807) is 25.1 Å². The maximum absolute atomic E-state index is 8.89. The molecule has 0 saturated carbocycles. The lowest BCUT2D eigenvalue weighted by atomic mass is 10.2. The van der Waals surface area contributed by atoms with E-state index in [9.17, 15) is 0 Å². The Balaban J connectivity index is 2.40. The summed E-state index contributed by atoms with van der Waals surface area (Å²) in [4.78, 5) is 4.21. The summed E-state index contributed by atoms with van der Waals surface area (Å²) in [6.45, 7) is 1.80. The molecule has 5 heteroatoms. The van der Waals surface area contributed by atoms with Crippen molar-refractivity contribution in [3.63, 3.8) is 0 Å². The van der Waals surface area contributed by atoms with Crippen molar-refractivity contribution in [2.75, 3.05) is 5.73 Å². The first-order chi connectivity index (χ1) is 8.60. The molecule has 1 aromatic heterocycles. The lowest BCUT2D eigenvalue weighted by Crippen LogP contribution is -1.96. The second-order valence-corrected chi connectivity index (χ2v) is 4.56. The molecular formula is C13H10BrN3O. The third kappa shape index (κ3) is 2.60. The van der Waals surface area contributed by atoms with E-state index in [1.807, 2.05) is 12.1 Å². The number of anilines is 1. The number of nitrogens with zero attached hydrogens (tertiary/aromatic N) is 2. The molecule has 0 aliphatic rings. The van der Waals surface area contributed by atoms with Gasteiger partial charge in [-0.1, -0.05) is 6.07 Å². The van der Waals surface area contributed by atoms with Crippen LogP contribution in [-0.4, -0.2) is 4.98 Å². The zero-order chi connectivity index (χ0) is 13.1.